The summed E-state index contributed by atoms with van der Waals surface area (Å²) in [5, 5.41) is 21.4. The van der Waals surface area contributed by atoms with E-state index in [2.05, 4.69) is 60.1 Å². The van der Waals surface area contributed by atoms with Crippen LogP contribution >= 0.6 is 15.9 Å². The highest BCUT2D eigenvalue weighted by atomic mass is 79.9. The summed E-state index contributed by atoms with van der Waals surface area (Å²) in [5.74, 6) is 0.447. The lowest BCUT2D eigenvalue weighted by Crippen LogP contribution is -2.01. The van der Waals surface area contributed by atoms with Gasteiger partial charge in [0.25, 0.3) is 5.95 Å². The first kappa shape index (κ1) is 15.5. The molecule has 0 saturated heterocycles. The van der Waals surface area contributed by atoms with E-state index in [4.69, 9.17) is 0 Å². The summed E-state index contributed by atoms with van der Waals surface area (Å²) in [7, 11) is 0. The Morgan fingerprint density at radius 2 is 1.84 bits per heavy atom. The molecule has 4 aromatic rings. The molecule has 0 aliphatic heterocycles. The molecule has 0 radical (unpaired) electrons. The number of rotatable bonds is 4. The molecular formula is C18H13BrN6. The third kappa shape index (κ3) is 3.41. The van der Waals surface area contributed by atoms with Crippen LogP contribution in [-0.4, -0.2) is 26.5 Å². The average molecular weight is 393 g/mol. The van der Waals surface area contributed by atoms with Gasteiger partial charge < -0.3 is 5.32 Å². The number of halogens is 1. The molecule has 0 amide bonds. The molecule has 0 aliphatic carbocycles. The Morgan fingerprint density at radius 3 is 2.76 bits per heavy atom. The highest BCUT2D eigenvalue weighted by Gasteiger charge is 2.07. The molecule has 3 aromatic carbocycles. The standard InChI is InChI=1S/C18H13BrN6/c19-15-8-3-5-13(11-15)12-20-25-18(22-23-24-25)21-17-10-4-7-14-6-1-2-9-16(14)17/h1-12H,(H,21,22,24)/b20-12-. The van der Waals surface area contributed by atoms with Gasteiger partial charge in [0.15, 0.2) is 0 Å². The van der Waals surface area contributed by atoms with Crippen LogP contribution in [0.15, 0.2) is 76.3 Å². The number of hydrogen-bond acceptors (Lipinski definition) is 5. The van der Waals surface area contributed by atoms with Crippen molar-refractivity contribution in [2.24, 2.45) is 5.10 Å². The fourth-order valence-electron chi connectivity index (χ4n) is 2.50. The molecule has 0 unspecified atom stereocenters. The van der Waals surface area contributed by atoms with Crippen molar-refractivity contribution in [3.05, 3.63) is 76.8 Å². The molecule has 0 bridgehead atoms. The zero-order valence-electron chi connectivity index (χ0n) is 13.0. The van der Waals surface area contributed by atoms with Gasteiger partial charge in [-0.2, -0.15) is 5.10 Å². The molecule has 4 rings (SSSR count). The zero-order chi connectivity index (χ0) is 17.1. The van der Waals surface area contributed by atoms with E-state index >= 15 is 0 Å². The highest BCUT2D eigenvalue weighted by molar-refractivity contribution is 9.10. The zero-order valence-corrected chi connectivity index (χ0v) is 14.6. The number of anilines is 2. The van der Waals surface area contributed by atoms with Gasteiger partial charge in [-0.15, -0.1) is 0 Å². The Hall–Kier alpha value is -3.06. The van der Waals surface area contributed by atoms with Crippen LogP contribution in [0, 0.1) is 0 Å². The van der Waals surface area contributed by atoms with Crippen molar-refractivity contribution >= 4 is 44.6 Å². The quantitative estimate of drug-likeness (QED) is 0.528. The lowest BCUT2D eigenvalue weighted by atomic mass is 10.1. The van der Waals surface area contributed by atoms with E-state index in [0.717, 1.165) is 26.5 Å². The molecule has 0 saturated carbocycles. The number of benzene rings is 3. The van der Waals surface area contributed by atoms with E-state index in [-0.39, 0.29) is 0 Å². The second kappa shape index (κ2) is 6.82. The summed E-state index contributed by atoms with van der Waals surface area (Å²) in [4.78, 5) is 1.36. The monoisotopic (exact) mass is 392 g/mol. The van der Waals surface area contributed by atoms with Crippen LogP contribution in [0.25, 0.3) is 10.8 Å². The van der Waals surface area contributed by atoms with Crippen molar-refractivity contribution < 1.29 is 0 Å². The molecule has 25 heavy (non-hydrogen) atoms. The van der Waals surface area contributed by atoms with Gasteiger partial charge in [0.1, 0.15) is 0 Å². The number of aromatic nitrogens is 4. The average Bonchev–Trinajstić information content (AvgIpc) is 3.07. The van der Waals surface area contributed by atoms with Gasteiger partial charge >= 0.3 is 0 Å². The maximum atomic E-state index is 4.33. The van der Waals surface area contributed by atoms with Crippen molar-refractivity contribution in [3.8, 4) is 0 Å². The third-order valence-electron chi connectivity index (χ3n) is 3.65. The smallest absolute Gasteiger partial charge is 0.269 e. The molecule has 1 aromatic heterocycles. The largest absolute Gasteiger partial charge is 0.321 e. The van der Waals surface area contributed by atoms with Gasteiger partial charge in [-0.05, 0) is 39.6 Å². The number of hydrogen-bond donors (Lipinski definition) is 1. The number of fused-ring (bicyclic) bond motifs is 1. The second-order valence-corrected chi connectivity index (χ2v) is 6.26. The number of tetrazole rings is 1. The van der Waals surface area contributed by atoms with Crippen molar-refractivity contribution in [1.82, 2.24) is 20.3 Å². The lowest BCUT2D eigenvalue weighted by Gasteiger charge is -2.07. The van der Waals surface area contributed by atoms with E-state index in [1.165, 1.54) is 4.79 Å². The van der Waals surface area contributed by atoms with Crippen LogP contribution in [-0.2, 0) is 0 Å². The minimum atomic E-state index is 0.447. The fraction of sp³-hybridized carbons (Fsp3) is 0. The summed E-state index contributed by atoms with van der Waals surface area (Å²) < 4.78 is 0.988. The maximum absolute atomic E-state index is 4.33. The topological polar surface area (TPSA) is 68.0 Å². The first-order valence-electron chi connectivity index (χ1n) is 7.63. The summed E-state index contributed by atoms with van der Waals surface area (Å²) in [6.07, 6.45) is 1.70. The molecule has 6 nitrogen and oxygen atoms in total. The predicted octanol–water partition coefficient (Wildman–Crippen LogP) is 4.21. The minimum Gasteiger partial charge on any atom is -0.321 e. The maximum Gasteiger partial charge on any atom is 0.269 e. The van der Waals surface area contributed by atoms with Crippen LogP contribution in [0.4, 0.5) is 11.6 Å². The Bertz CT molecular complexity index is 1050. The van der Waals surface area contributed by atoms with Crippen molar-refractivity contribution in [2.75, 3.05) is 5.32 Å². The molecule has 0 spiro atoms. The Morgan fingerprint density at radius 1 is 1.00 bits per heavy atom. The van der Waals surface area contributed by atoms with Crippen LogP contribution < -0.4 is 5.32 Å². The Labute approximate surface area is 152 Å². The highest BCUT2D eigenvalue weighted by Crippen LogP contribution is 2.25. The summed E-state index contributed by atoms with van der Waals surface area (Å²) in [5.41, 5.74) is 1.87. The summed E-state index contributed by atoms with van der Waals surface area (Å²) in [6.45, 7) is 0. The summed E-state index contributed by atoms with van der Waals surface area (Å²) in [6, 6.07) is 22.0. The van der Waals surface area contributed by atoms with Crippen molar-refractivity contribution in [3.63, 3.8) is 0 Å². The minimum absolute atomic E-state index is 0.447. The molecule has 122 valence electrons. The molecule has 0 fully saturated rings. The lowest BCUT2D eigenvalue weighted by molar-refractivity contribution is 0.699. The van der Waals surface area contributed by atoms with Crippen LogP contribution in [0.1, 0.15) is 5.56 Å². The summed E-state index contributed by atoms with van der Waals surface area (Å²) >= 11 is 3.44. The van der Waals surface area contributed by atoms with E-state index in [1.54, 1.807) is 6.21 Å². The Kier molecular flexibility index (Phi) is 4.22. The van der Waals surface area contributed by atoms with Gasteiger partial charge in [0.2, 0.25) is 0 Å². The number of nitrogens with zero attached hydrogens (tertiary/aromatic N) is 5. The third-order valence-corrected chi connectivity index (χ3v) is 4.15. The molecule has 1 N–H and O–H groups in total. The molecular weight excluding hydrogens is 380 g/mol. The fourth-order valence-corrected chi connectivity index (χ4v) is 2.92. The van der Waals surface area contributed by atoms with Crippen LogP contribution in [0.3, 0.4) is 0 Å². The van der Waals surface area contributed by atoms with E-state index in [9.17, 15) is 0 Å². The van der Waals surface area contributed by atoms with Crippen molar-refractivity contribution in [2.45, 2.75) is 0 Å². The first-order chi connectivity index (χ1) is 12.3. The SMILES string of the molecule is Brc1cccc(/C=N\n2nnnc2Nc2cccc3ccccc23)c1. The Balaban J connectivity index is 1.63. The molecule has 1 heterocycles. The normalized spacial score (nSPS) is 11.2. The van der Waals surface area contributed by atoms with Gasteiger partial charge in [-0.25, -0.2) is 0 Å². The van der Waals surface area contributed by atoms with Gasteiger partial charge in [0.05, 0.1) is 6.21 Å². The van der Waals surface area contributed by atoms with Gasteiger partial charge in [-0.3, -0.25) is 0 Å². The predicted molar refractivity (Wildman–Crippen MR) is 102 cm³/mol. The van der Waals surface area contributed by atoms with Crippen LogP contribution in [0.5, 0.6) is 0 Å². The second-order valence-electron chi connectivity index (χ2n) is 5.34. The molecule has 0 aliphatic rings. The molecule has 7 heteroatoms. The van der Waals surface area contributed by atoms with Gasteiger partial charge in [0, 0.05) is 15.5 Å². The first-order valence-corrected chi connectivity index (χ1v) is 8.42. The van der Waals surface area contributed by atoms with E-state index < -0.39 is 0 Å². The number of nitrogens with one attached hydrogen (secondary N) is 1. The van der Waals surface area contributed by atoms with E-state index in [0.29, 0.717) is 5.95 Å². The van der Waals surface area contributed by atoms with Crippen LogP contribution in [0.2, 0.25) is 0 Å². The van der Waals surface area contributed by atoms with E-state index in [1.807, 2.05) is 48.5 Å². The molecule has 0 atom stereocenters. The van der Waals surface area contributed by atoms with Crippen molar-refractivity contribution in [1.29, 1.82) is 0 Å². The van der Waals surface area contributed by atoms with Gasteiger partial charge in [-0.1, -0.05) is 74.4 Å².